The summed E-state index contributed by atoms with van der Waals surface area (Å²) < 4.78 is 6.86. The number of hydrogen-bond acceptors (Lipinski definition) is 4. The summed E-state index contributed by atoms with van der Waals surface area (Å²) in [5, 5.41) is 14.2. The third kappa shape index (κ3) is 2.68. The smallest absolute Gasteiger partial charge is 0.156 e. The summed E-state index contributed by atoms with van der Waals surface area (Å²) in [6.07, 6.45) is 1.31. The fourth-order valence-corrected chi connectivity index (χ4v) is 1.89. The first-order chi connectivity index (χ1) is 8.74. The van der Waals surface area contributed by atoms with Crippen LogP contribution >= 0.6 is 0 Å². The maximum absolute atomic E-state index is 10.2. The molecule has 2 aromatic rings. The van der Waals surface area contributed by atoms with Gasteiger partial charge in [-0.1, -0.05) is 12.1 Å². The SMILES string of the molecule is CCn1ncnc1C(O)Cc1cccc(OC)c1. The van der Waals surface area contributed by atoms with Gasteiger partial charge in [-0.05, 0) is 24.6 Å². The van der Waals surface area contributed by atoms with Crippen LogP contribution in [-0.4, -0.2) is 27.0 Å². The van der Waals surface area contributed by atoms with Gasteiger partial charge in [0.1, 0.15) is 18.2 Å². The molecule has 0 bridgehead atoms. The van der Waals surface area contributed by atoms with E-state index in [1.54, 1.807) is 11.8 Å². The Balaban J connectivity index is 2.13. The van der Waals surface area contributed by atoms with Gasteiger partial charge in [0.25, 0.3) is 0 Å². The number of ether oxygens (including phenoxy) is 1. The lowest BCUT2D eigenvalue weighted by atomic mass is 10.1. The van der Waals surface area contributed by atoms with E-state index in [1.165, 1.54) is 6.33 Å². The molecular weight excluding hydrogens is 230 g/mol. The molecule has 1 aromatic carbocycles. The van der Waals surface area contributed by atoms with Crippen molar-refractivity contribution in [2.45, 2.75) is 26.0 Å². The third-order valence-electron chi connectivity index (χ3n) is 2.81. The first kappa shape index (κ1) is 12.6. The van der Waals surface area contributed by atoms with Crippen molar-refractivity contribution in [3.8, 4) is 5.75 Å². The van der Waals surface area contributed by atoms with Gasteiger partial charge >= 0.3 is 0 Å². The van der Waals surface area contributed by atoms with Crippen molar-refractivity contribution in [1.82, 2.24) is 14.8 Å². The molecule has 0 fully saturated rings. The summed E-state index contributed by atoms with van der Waals surface area (Å²) in [5.74, 6) is 1.39. The van der Waals surface area contributed by atoms with Crippen molar-refractivity contribution in [2.24, 2.45) is 0 Å². The zero-order valence-corrected chi connectivity index (χ0v) is 10.6. The molecule has 0 amide bonds. The largest absolute Gasteiger partial charge is 0.497 e. The minimum Gasteiger partial charge on any atom is -0.497 e. The van der Waals surface area contributed by atoms with Crippen LogP contribution in [0, 0.1) is 0 Å². The molecule has 0 saturated carbocycles. The van der Waals surface area contributed by atoms with Crippen LogP contribution in [0.3, 0.4) is 0 Å². The fourth-order valence-electron chi connectivity index (χ4n) is 1.89. The molecule has 1 aromatic heterocycles. The van der Waals surface area contributed by atoms with Crippen LogP contribution in [0.2, 0.25) is 0 Å². The van der Waals surface area contributed by atoms with Crippen LogP contribution in [0.5, 0.6) is 5.75 Å². The number of methoxy groups -OCH3 is 1. The second-order valence-corrected chi connectivity index (χ2v) is 4.01. The Morgan fingerprint density at radius 3 is 3.00 bits per heavy atom. The number of aryl methyl sites for hydroxylation is 1. The molecule has 5 nitrogen and oxygen atoms in total. The molecule has 1 heterocycles. The predicted molar refractivity (Wildman–Crippen MR) is 67.4 cm³/mol. The maximum Gasteiger partial charge on any atom is 0.156 e. The summed E-state index contributed by atoms with van der Waals surface area (Å²) in [6, 6.07) is 7.66. The predicted octanol–water partition coefficient (Wildman–Crippen LogP) is 1.58. The van der Waals surface area contributed by atoms with E-state index in [0.717, 1.165) is 11.3 Å². The van der Waals surface area contributed by atoms with Crippen molar-refractivity contribution >= 4 is 0 Å². The Morgan fingerprint density at radius 2 is 2.28 bits per heavy atom. The van der Waals surface area contributed by atoms with Gasteiger partial charge in [-0.15, -0.1) is 0 Å². The Hall–Kier alpha value is -1.88. The van der Waals surface area contributed by atoms with Gasteiger partial charge in [0.05, 0.1) is 7.11 Å². The van der Waals surface area contributed by atoms with Gasteiger partial charge in [0, 0.05) is 13.0 Å². The monoisotopic (exact) mass is 247 g/mol. The number of aliphatic hydroxyl groups excluding tert-OH is 1. The summed E-state index contributed by atoms with van der Waals surface area (Å²) in [4.78, 5) is 4.10. The van der Waals surface area contributed by atoms with Crippen molar-refractivity contribution in [2.75, 3.05) is 7.11 Å². The second-order valence-electron chi connectivity index (χ2n) is 4.01. The number of rotatable bonds is 5. The van der Waals surface area contributed by atoms with Crippen LogP contribution in [0.1, 0.15) is 24.4 Å². The number of aromatic nitrogens is 3. The molecule has 1 N–H and O–H groups in total. The Bertz CT molecular complexity index is 510. The van der Waals surface area contributed by atoms with Gasteiger partial charge < -0.3 is 9.84 Å². The molecule has 0 aliphatic rings. The molecule has 0 aliphatic heterocycles. The maximum atomic E-state index is 10.2. The fraction of sp³-hybridized carbons (Fsp3) is 0.385. The third-order valence-corrected chi connectivity index (χ3v) is 2.81. The Kier molecular flexibility index (Phi) is 3.94. The van der Waals surface area contributed by atoms with E-state index >= 15 is 0 Å². The van der Waals surface area contributed by atoms with Crippen LogP contribution in [0.4, 0.5) is 0 Å². The van der Waals surface area contributed by atoms with E-state index < -0.39 is 6.10 Å². The van der Waals surface area contributed by atoms with Crippen molar-refractivity contribution in [3.63, 3.8) is 0 Å². The molecule has 5 heteroatoms. The molecule has 96 valence electrons. The minimum absolute atomic E-state index is 0.496. The van der Waals surface area contributed by atoms with Crippen LogP contribution < -0.4 is 4.74 Å². The lowest BCUT2D eigenvalue weighted by molar-refractivity contribution is 0.162. The van der Waals surface area contributed by atoms with Gasteiger partial charge in [-0.25, -0.2) is 9.67 Å². The molecule has 18 heavy (non-hydrogen) atoms. The molecule has 2 rings (SSSR count). The molecular formula is C13H17N3O2. The molecule has 1 unspecified atom stereocenters. The number of aliphatic hydroxyl groups is 1. The average molecular weight is 247 g/mol. The number of nitrogens with zero attached hydrogens (tertiary/aromatic N) is 3. The molecule has 1 atom stereocenters. The quantitative estimate of drug-likeness (QED) is 0.871. The highest BCUT2D eigenvalue weighted by molar-refractivity contribution is 5.29. The van der Waals surface area contributed by atoms with Crippen LogP contribution in [-0.2, 0) is 13.0 Å². The lowest BCUT2D eigenvalue weighted by Gasteiger charge is -2.11. The van der Waals surface area contributed by atoms with Gasteiger partial charge in [-0.2, -0.15) is 5.10 Å². The van der Waals surface area contributed by atoms with E-state index in [0.29, 0.717) is 18.8 Å². The summed E-state index contributed by atoms with van der Waals surface area (Å²) >= 11 is 0. The first-order valence-electron chi connectivity index (χ1n) is 5.93. The average Bonchev–Trinajstić information content (AvgIpc) is 2.87. The van der Waals surface area contributed by atoms with Gasteiger partial charge in [-0.3, -0.25) is 0 Å². The highest BCUT2D eigenvalue weighted by atomic mass is 16.5. The molecule has 0 aliphatic carbocycles. The van der Waals surface area contributed by atoms with Crippen LogP contribution in [0.15, 0.2) is 30.6 Å². The summed E-state index contributed by atoms with van der Waals surface area (Å²) in [7, 11) is 1.63. The Labute approximate surface area is 106 Å². The van der Waals surface area contributed by atoms with Crippen LogP contribution in [0.25, 0.3) is 0 Å². The standard InChI is InChI=1S/C13H17N3O2/c1-3-16-13(14-9-15-16)12(17)8-10-5-4-6-11(7-10)18-2/h4-7,9,12,17H,3,8H2,1-2H3. The van der Waals surface area contributed by atoms with Crippen molar-refractivity contribution in [3.05, 3.63) is 42.0 Å². The zero-order valence-electron chi connectivity index (χ0n) is 10.6. The summed E-state index contributed by atoms with van der Waals surface area (Å²) in [6.45, 7) is 2.67. The van der Waals surface area contributed by atoms with E-state index in [4.69, 9.17) is 4.74 Å². The minimum atomic E-state index is -0.653. The van der Waals surface area contributed by atoms with Gasteiger partial charge in [0.15, 0.2) is 5.82 Å². The van der Waals surface area contributed by atoms with E-state index in [9.17, 15) is 5.11 Å². The van der Waals surface area contributed by atoms with E-state index in [2.05, 4.69) is 10.1 Å². The van der Waals surface area contributed by atoms with E-state index in [1.807, 2.05) is 31.2 Å². The van der Waals surface area contributed by atoms with Crippen molar-refractivity contribution in [1.29, 1.82) is 0 Å². The second kappa shape index (κ2) is 5.64. The Morgan fingerprint density at radius 1 is 1.44 bits per heavy atom. The zero-order chi connectivity index (χ0) is 13.0. The lowest BCUT2D eigenvalue weighted by Crippen LogP contribution is -2.11. The normalized spacial score (nSPS) is 12.4. The number of hydrogen-bond donors (Lipinski definition) is 1. The first-order valence-corrected chi connectivity index (χ1v) is 5.93. The molecule has 0 spiro atoms. The topological polar surface area (TPSA) is 60.2 Å². The van der Waals surface area contributed by atoms with Gasteiger partial charge in [0.2, 0.25) is 0 Å². The number of benzene rings is 1. The summed E-state index contributed by atoms with van der Waals surface area (Å²) in [5.41, 5.74) is 1.01. The highest BCUT2D eigenvalue weighted by Gasteiger charge is 2.15. The molecule has 0 saturated heterocycles. The molecule has 0 radical (unpaired) electrons. The highest BCUT2D eigenvalue weighted by Crippen LogP contribution is 2.19. The van der Waals surface area contributed by atoms with E-state index in [-0.39, 0.29) is 0 Å². The van der Waals surface area contributed by atoms with Crippen molar-refractivity contribution < 1.29 is 9.84 Å².